The van der Waals surface area contributed by atoms with Gasteiger partial charge in [0.2, 0.25) is 0 Å². The van der Waals surface area contributed by atoms with Gasteiger partial charge in [-0.1, -0.05) is 26.7 Å². The van der Waals surface area contributed by atoms with E-state index in [0.29, 0.717) is 31.3 Å². The zero-order chi connectivity index (χ0) is 16.2. The first-order valence-electron chi connectivity index (χ1n) is 8.83. The molecule has 5 nitrogen and oxygen atoms in total. The molecular weight excluding hydrogens is 405 g/mol. The Morgan fingerprint density at radius 3 is 2.74 bits per heavy atom. The lowest BCUT2D eigenvalue weighted by Crippen LogP contribution is -2.38. The predicted octanol–water partition coefficient (Wildman–Crippen LogP) is 3.31. The van der Waals surface area contributed by atoms with Gasteiger partial charge in [-0.15, -0.1) is 24.0 Å². The highest BCUT2D eigenvalue weighted by molar-refractivity contribution is 14.0. The van der Waals surface area contributed by atoms with Crippen LogP contribution in [0.1, 0.15) is 59.3 Å². The average Bonchev–Trinajstić information content (AvgIpc) is 2.95. The zero-order valence-electron chi connectivity index (χ0n) is 15.1. The van der Waals surface area contributed by atoms with E-state index in [1.54, 1.807) is 0 Å². The minimum absolute atomic E-state index is 0. The Kier molecular flexibility index (Phi) is 14.2. The van der Waals surface area contributed by atoms with Crippen molar-refractivity contribution in [1.82, 2.24) is 5.32 Å². The number of nitrogens with zero attached hydrogens (tertiary/aromatic N) is 1. The first-order valence-corrected chi connectivity index (χ1v) is 8.83. The van der Waals surface area contributed by atoms with Gasteiger partial charge in [0.1, 0.15) is 0 Å². The molecule has 3 N–H and O–H groups in total. The number of hydrogen-bond donors (Lipinski definition) is 2. The Morgan fingerprint density at radius 2 is 2.09 bits per heavy atom. The molecule has 0 saturated carbocycles. The number of halogens is 1. The lowest BCUT2D eigenvalue weighted by Gasteiger charge is -2.15. The van der Waals surface area contributed by atoms with Crippen LogP contribution in [0.4, 0.5) is 0 Å². The fourth-order valence-electron chi connectivity index (χ4n) is 2.56. The Bertz CT molecular complexity index is 308. The number of guanidine groups is 1. The minimum Gasteiger partial charge on any atom is -0.379 e. The van der Waals surface area contributed by atoms with E-state index in [9.17, 15) is 0 Å². The summed E-state index contributed by atoms with van der Waals surface area (Å²) in [6, 6.07) is 0.387. The van der Waals surface area contributed by atoms with Crippen LogP contribution >= 0.6 is 24.0 Å². The molecule has 0 amide bonds. The molecule has 138 valence electrons. The van der Waals surface area contributed by atoms with Crippen LogP contribution in [-0.2, 0) is 9.47 Å². The standard InChI is InChI=1S/C17H35N3O2.HI/c1-14(2)7-4-8-15(3)20-17(18)19-10-6-11-21-13-16-9-5-12-22-16;/h14-16H,4-13H2,1-3H3,(H3,18,19,20);1H. The number of ether oxygens (including phenoxy) is 2. The molecule has 0 spiro atoms. The smallest absolute Gasteiger partial charge is 0.188 e. The molecule has 1 aliphatic rings. The summed E-state index contributed by atoms with van der Waals surface area (Å²) in [7, 11) is 0. The van der Waals surface area contributed by atoms with Crippen molar-refractivity contribution in [1.29, 1.82) is 0 Å². The van der Waals surface area contributed by atoms with Gasteiger partial charge in [0.15, 0.2) is 5.96 Å². The third-order valence-electron chi connectivity index (χ3n) is 3.87. The van der Waals surface area contributed by atoms with Crippen molar-refractivity contribution in [2.45, 2.75) is 71.4 Å². The normalized spacial score (nSPS) is 19.7. The van der Waals surface area contributed by atoms with Crippen LogP contribution < -0.4 is 11.1 Å². The molecule has 1 saturated heterocycles. The van der Waals surface area contributed by atoms with E-state index in [1.807, 2.05) is 0 Å². The summed E-state index contributed by atoms with van der Waals surface area (Å²) in [5.41, 5.74) is 5.90. The van der Waals surface area contributed by atoms with E-state index < -0.39 is 0 Å². The van der Waals surface area contributed by atoms with Crippen LogP contribution in [0.2, 0.25) is 0 Å². The third-order valence-corrected chi connectivity index (χ3v) is 3.87. The summed E-state index contributed by atoms with van der Waals surface area (Å²) < 4.78 is 11.1. The molecule has 0 aromatic heterocycles. The maximum Gasteiger partial charge on any atom is 0.188 e. The van der Waals surface area contributed by atoms with Gasteiger partial charge in [-0.3, -0.25) is 4.99 Å². The maximum absolute atomic E-state index is 5.90. The molecular formula is C17H36IN3O2. The van der Waals surface area contributed by atoms with Crippen LogP contribution in [0.15, 0.2) is 4.99 Å². The fourth-order valence-corrected chi connectivity index (χ4v) is 2.56. The van der Waals surface area contributed by atoms with Crippen LogP contribution in [0.3, 0.4) is 0 Å². The van der Waals surface area contributed by atoms with E-state index in [4.69, 9.17) is 15.2 Å². The second-order valence-corrected chi connectivity index (χ2v) is 6.70. The molecule has 1 heterocycles. The second kappa shape index (κ2) is 14.3. The minimum atomic E-state index is 0. The van der Waals surface area contributed by atoms with Crippen molar-refractivity contribution in [3.05, 3.63) is 0 Å². The Labute approximate surface area is 159 Å². The lowest BCUT2D eigenvalue weighted by atomic mass is 10.0. The Hall–Kier alpha value is -0.0800. The van der Waals surface area contributed by atoms with Gasteiger partial charge in [0.25, 0.3) is 0 Å². The molecule has 0 bridgehead atoms. The number of rotatable bonds is 11. The molecule has 2 atom stereocenters. The summed E-state index contributed by atoms with van der Waals surface area (Å²) in [5.74, 6) is 1.32. The SMILES string of the molecule is CC(C)CCCC(C)NC(N)=NCCCOCC1CCCO1.I. The highest BCUT2D eigenvalue weighted by atomic mass is 127. The molecule has 0 radical (unpaired) electrons. The molecule has 6 heteroatoms. The molecule has 1 rings (SSSR count). The van der Waals surface area contributed by atoms with Crippen molar-refractivity contribution < 1.29 is 9.47 Å². The van der Waals surface area contributed by atoms with Gasteiger partial charge in [-0.2, -0.15) is 0 Å². The monoisotopic (exact) mass is 441 g/mol. The number of hydrogen-bond acceptors (Lipinski definition) is 3. The van der Waals surface area contributed by atoms with Crippen LogP contribution in [0.5, 0.6) is 0 Å². The van der Waals surface area contributed by atoms with E-state index in [-0.39, 0.29) is 24.0 Å². The highest BCUT2D eigenvalue weighted by Crippen LogP contribution is 2.11. The topological polar surface area (TPSA) is 68.9 Å². The van der Waals surface area contributed by atoms with Crippen molar-refractivity contribution in [3.63, 3.8) is 0 Å². The van der Waals surface area contributed by atoms with Crippen LogP contribution in [0, 0.1) is 5.92 Å². The first-order chi connectivity index (χ1) is 10.6. The zero-order valence-corrected chi connectivity index (χ0v) is 17.4. The quantitative estimate of drug-likeness (QED) is 0.224. The number of aliphatic imine (C=N–C) groups is 1. The van der Waals surface area contributed by atoms with Gasteiger partial charge in [0.05, 0.1) is 12.7 Å². The summed E-state index contributed by atoms with van der Waals surface area (Å²) in [4.78, 5) is 4.35. The van der Waals surface area contributed by atoms with E-state index in [0.717, 1.165) is 44.8 Å². The van der Waals surface area contributed by atoms with Crippen LogP contribution in [0.25, 0.3) is 0 Å². The highest BCUT2D eigenvalue weighted by Gasteiger charge is 2.14. The molecule has 23 heavy (non-hydrogen) atoms. The lowest BCUT2D eigenvalue weighted by molar-refractivity contribution is 0.0171. The molecule has 1 fully saturated rings. The number of nitrogens with two attached hydrogens (primary N) is 1. The van der Waals surface area contributed by atoms with E-state index in [2.05, 4.69) is 31.1 Å². The van der Waals surface area contributed by atoms with Gasteiger partial charge < -0.3 is 20.5 Å². The number of nitrogens with one attached hydrogen (secondary N) is 1. The maximum atomic E-state index is 5.90. The van der Waals surface area contributed by atoms with E-state index in [1.165, 1.54) is 12.8 Å². The summed E-state index contributed by atoms with van der Waals surface area (Å²) >= 11 is 0. The Morgan fingerprint density at radius 1 is 1.30 bits per heavy atom. The molecule has 0 aromatic carbocycles. The van der Waals surface area contributed by atoms with E-state index >= 15 is 0 Å². The summed E-state index contributed by atoms with van der Waals surface area (Å²) in [6.45, 7) is 9.71. The Balaban J connectivity index is 0.00000484. The van der Waals surface area contributed by atoms with Gasteiger partial charge in [-0.05, 0) is 38.5 Å². The average molecular weight is 441 g/mol. The summed E-state index contributed by atoms with van der Waals surface area (Å²) in [6.07, 6.45) is 7.14. The largest absolute Gasteiger partial charge is 0.379 e. The van der Waals surface area contributed by atoms with Crippen molar-refractivity contribution in [2.24, 2.45) is 16.6 Å². The van der Waals surface area contributed by atoms with Crippen molar-refractivity contribution >= 4 is 29.9 Å². The van der Waals surface area contributed by atoms with Crippen LogP contribution in [-0.4, -0.2) is 44.5 Å². The van der Waals surface area contributed by atoms with Gasteiger partial charge in [-0.25, -0.2) is 0 Å². The van der Waals surface area contributed by atoms with Gasteiger partial charge in [0, 0.05) is 25.8 Å². The fraction of sp³-hybridized carbons (Fsp3) is 0.941. The molecule has 0 aromatic rings. The van der Waals surface area contributed by atoms with Crippen molar-refractivity contribution in [3.8, 4) is 0 Å². The second-order valence-electron chi connectivity index (χ2n) is 6.70. The molecule has 1 aliphatic heterocycles. The molecule has 0 aliphatic carbocycles. The molecule has 2 unspecified atom stereocenters. The predicted molar refractivity (Wildman–Crippen MR) is 108 cm³/mol. The third kappa shape index (κ3) is 12.9. The first kappa shape index (κ1) is 22.9. The summed E-state index contributed by atoms with van der Waals surface area (Å²) in [5, 5.41) is 3.26. The van der Waals surface area contributed by atoms with Crippen molar-refractivity contribution in [2.75, 3.05) is 26.4 Å². The van der Waals surface area contributed by atoms with Gasteiger partial charge >= 0.3 is 0 Å².